The van der Waals surface area contributed by atoms with Gasteiger partial charge in [-0.2, -0.15) is 0 Å². The van der Waals surface area contributed by atoms with Crippen molar-refractivity contribution in [2.45, 2.75) is 37.2 Å². The van der Waals surface area contributed by atoms with Crippen molar-refractivity contribution in [3.05, 3.63) is 24.3 Å². The first kappa shape index (κ1) is 13.0. The zero-order valence-electron chi connectivity index (χ0n) is 10.6. The van der Waals surface area contributed by atoms with Gasteiger partial charge in [-0.25, -0.2) is 4.98 Å². The molecule has 0 spiro atoms. The molecule has 1 atom stereocenters. The molecule has 4 nitrogen and oxygen atoms in total. The number of nitrogens with two attached hydrogens (primary N) is 1. The molecule has 0 radical (unpaired) electrons. The van der Waals surface area contributed by atoms with Crippen LogP contribution in [0.4, 0.5) is 0 Å². The van der Waals surface area contributed by atoms with Crippen LogP contribution in [0.15, 0.2) is 29.4 Å². The molecule has 2 rings (SSSR count). The van der Waals surface area contributed by atoms with Crippen molar-refractivity contribution in [3.63, 3.8) is 0 Å². The van der Waals surface area contributed by atoms with Gasteiger partial charge in [0.2, 0.25) is 5.91 Å². The highest BCUT2D eigenvalue weighted by atomic mass is 32.2. The molecular weight excluding hydrogens is 246 g/mol. The summed E-state index contributed by atoms with van der Waals surface area (Å²) >= 11 is 1.42. The van der Waals surface area contributed by atoms with Gasteiger partial charge in [-0.3, -0.25) is 4.79 Å². The van der Waals surface area contributed by atoms with E-state index in [1.165, 1.54) is 11.8 Å². The highest BCUT2D eigenvalue weighted by Crippen LogP contribution is 2.27. The zero-order chi connectivity index (χ0) is 13.1. The van der Waals surface area contributed by atoms with Gasteiger partial charge in [-0.15, -0.1) is 0 Å². The number of hydrogen-bond donors (Lipinski definition) is 1. The van der Waals surface area contributed by atoms with Crippen LogP contribution in [-0.4, -0.2) is 20.7 Å². The average Bonchev–Trinajstić information content (AvgIpc) is 2.68. The molecule has 1 aromatic heterocycles. The molecule has 0 aliphatic carbocycles. The molecule has 0 saturated carbocycles. The van der Waals surface area contributed by atoms with Crippen molar-refractivity contribution in [1.29, 1.82) is 0 Å². The number of para-hydroxylation sites is 2. The predicted molar refractivity (Wildman–Crippen MR) is 74.5 cm³/mol. The molecule has 0 unspecified atom stereocenters. The van der Waals surface area contributed by atoms with E-state index in [0.29, 0.717) is 0 Å². The standard InChI is InChI=1S/C13H17N3OS/c1-3-8-16-11-7-5-4-6-10(11)15-13(16)18-9(2)12(14)17/h4-7,9H,3,8H2,1-2H3,(H2,14,17)/t9-/m0/s1. The lowest BCUT2D eigenvalue weighted by Crippen LogP contribution is -2.23. The lowest BCUT2D eigenvalue weighted by molar-refractivity contribution is -0.117. The Morgan fingerprint density at radius 3 is 2.89 bits per heavy atom. The van der Waals surface area contributed by atoms with Crippen molar-refractivity contribution >= 4 is 28.7 Å². The number of carbonyl (C=O) groups excluding carboxylic acids is 1. The van der Waals surface area contributed by atoms with Crippen LogP contribution < -0.4 is 5.73 Å². The van der Waals surface area contributed by atoms with E-state index < -0.39 is 0 Å². The Bertz CT molecular complexity index is 564. The molecule has 18 heavy (non-hydrogen) atoms. The zero-order valence-corrected chi connectivity index (χ0v) is 11.4. The molecule has 96 valence electrons. The molecule has 0 fully saturated rings. The summed E-state index contributed by atoms with van der Waals surface area (Å²) in [5.74, 6) is -0.310. The molecular formula is C13H17N3OS. The van der Waals surface area contributed by atoms with Gasteiger partial charge in [0.05, 0.1) is 16.3 Å². The molecule has 0 aliphatic heterocycles. The molecule has 2 aromatic rings. The second-order valence-electron chi connectivity index (χ2n) is 4.20. The Balaban J connectivity index is 2.42. The number of benzene rings is 1. The van der Waals surface area contributed by atoms with Crippen molar-refractivity contribution in [3.8, 4) is 0 Å². The van der Waals surface area contributed by atoms with Gasteiger partial charge >= 0.3 is 0 Å². The maximum Gasteiger partial charge on any atom is 0.230 e. The van der Waals surface area contributed by atoms with Crippen molar-refractivity contribution in [2.24, 2.45) is 5.73 Å². The third-order valence-corrected chi connectivity index (χ3v) is 3.86. The van der Waals surface area contributed by atoms with Crippen molar-refractivity contribution in [1.82, 2.24) is 9.55 Å². The van der Waals surface area contributed by atoms with E-state index in [1.54, 1.807) is 0 Å². The smallest absolute Gasteiger partial charge is 0.230 e. The maximum absolute atomic E-state index is 11.2. The fraction of sp³-hybridized carbons (Fsp3) is 0.385. The predicted octanol–water partition coefficient (Wildman–Crippen LogP) is 2.41. The van der Waals surface area contributed by atoms with E-state index in [9.17, 15) is 4.79 Å². The molecule has 0 saturated heterocycles. The monoisotopic (exact) mass is 263 g/mol. The fourth-order valence-electron chi connectivity index (χ4n) is 1.80. The second kappa shape index (κ2) is 5.44. The minimum absolute atomic E-state index is 0.266. The number of thioether (sulfide) groups is 1. The average molecular weight is 263 g/mol. The number of amides is 1. The summed E-state index contributed by atoms with van der Waals surface area (Å²) in [6.45, 7) is 4.83. The van der Waals surface area contributed by atoms with Crippen molar-refractivity contribution in [2.75, 3.05) is 0 Å². The van der Waals surface area contributed by atoms with Gasteiger partial charge in [0, 0.05) is 6.54 Å². The van der Waals surface area contributed by atoms with E-state index in [1.807, 2.05) is 25.1 Å². The number of primary amides is 1. The molecule has 1 amide bonds. The van der Waals surface area contributed by atoms with Crippen molar-refractivity contribution < 1.29 is 4.79 Å². The number of aromatic nitrogens is 2. The van der Waals surface area contributed by atoms with Crippen LogP contribution in [-0.2, 0) is 11.3 Å². The van der Waals surface area contributed by atoms with E-state index in [-0.39, 0.29) is 11.2 Å². The van der Waals surface area contributed by atoms with Crippen LogP contribution in [0.1, 0.15) is 20.3 Å². The van der Waals surface area contributed by atoms with Gasteiger partial charge in [-0.05, 0) is 25.5 Å². The van der Waals surface area contributed by atoms with Crippen LogP contribution in [0.5, 0.6) is 0 Å². The van der Waals surface area contributed by atoms with Crippen LogP contribution in [0.2, 0.25) is 0 Å². The first-order valence-electron chi connectivity index (χ1n) is 6.04. The quantitative estimate of drug-likeness (QED) is 0.843. The number of rotatable bonds is 5. The summed E-state index contributed by atoms with van der Waals surface area (Å²) in [5.41, 5.74) is 7.38. The first-order chi connectivity index (χ1) is 8.63. The first-order valence-corrected chi connectivity index (χ1v) is 6.92. The van der Waals surface area contributed by atoms with Gasteiger partial charge in [0.15, 0.2) is 5.16 Å². The molecule has 1 heterocycles. The minimum atomic E-state index is -0.310. The highest BCUT2D eigenvalue weighted by molar-refractivity contribution is 8.00. The molecule has 2 N–H and O–H groups in total. The summed E-state index contributed by atoms with van der Waals surface area (Å²) in [4.78, 5) is 15.7. The number of carbonyl (C=O) groups is 1. The Labute approximate surface area is 111 Å². The largest absolute Gasteiger partial charge is 0.369 e. The number of fused-ring (bicyclic) bond motifs is 1. The van der Waals surface area contributed by atoms with Crippen LogP contribution in [0.3, 0.4) is 0 Å². The fourth-order valence-corrected chi connectivity index (χ4v) is 2.70. The Morgan fingerprint density at radius 2 is 2.22 bits per heavy atom. The highest BCUT2D eigenvalue weighted by Gasteiger charge is 2.16. The molecule has 0 aliphatic rings. The van der Waals surface area contributed by atoms with Gasteiger partial charge in [-0.1, -0.05) is 30.8 Å². The Morgan fingerprint density at radius 1 is 1.50 bits per heavy atom. The second-order valence-corrected chi connectivity index (χ2v) is 5.51. The third-order valence-electron chi connectivity index (χ3n) is 2.75. The summed E-state index contributed by atoms with van der Waals surface area (Å²) in [5, 5.41) is 0.599. The van der Waals surface area contributed by atoms with E-state index in [4.69, 9.17) is 5.73 Å². The summed E-state index contributed by atoms with van der Waals surface area (Å²) < 4.78 is 2.15. The lowest BCUT2D eigenvalue weighted by atomic mass is 10.3. The Kier molecular flexibility index (Phi) is 3.91. The van der Waals surface area contributed by atoms with Crippen LogP contribution >= 0.6 is 11.8 Å². The van der Waals surface area contributed by atoms with E-state index >= 15 is 0 Å². The van der Waals surface area contributed by atoms with E-state index in [0.717, 1.165) is 29.2 Å². The SMILES string of the molecule is CCCn1c(S[C@@H](C)C(N)=O)nc2ccccc21. The third kappa shape index (κ3) is 2.51. The Hall–Kier alpha value is -1.49. The molecule has 0 bridgehead atoms. The van der Waals surface area contributed by atoms with Gasteiger partial charge in [0.25, 0.3) is 0 Å². The topological polar surface area (TPSA) is 60.9 Å². The molecule has 5 heteroatoms. The summed E-state index contributed by atoms with van der Waals surface area (Å²) in [6.07, 6.45) is 1.03. The normalized spacial score (nSPS) is 12.8. The number of hydrogen-bond acceptors (Lipinski definition) is 3. The summed E-state index contributed by atoms with van der Waals surface area (Å²) in [6, 6.07) is 8.01. The summed E-state index contributed by atoms with van der Waals surface area (Å²) in [7, 11) is 0. The van der Waals surface area contributed by atoms with Gasteiger partial charge in [0.1, 0.15) is 0 Å². The van der Waals surface area contributed by atoms with Crippen LogP contribution in [0.25, 0.3) is 11.0 Å². The number of imidazole rings is 1. The van der Waals surface area contributed by atoms with Crippen LogP contribution in [0, 0.1) is 0 Å². The maximum atomic E-state index is 11.2. The van der Waals surface area contributed by atoms with E-state index in [2.05, 4.69) is 22.5 Å². The van der Waals surface area contributed by atoms with Gasteiger partial charge < -0.3 is 10.3 Å². The number of aryl methyl sites for hydroxylation is 1. The molecule has 1 aromatic carbocycles. The number of nitrogens with zero attached hydrogens (tertiary/aromatic N) is 2. The minimum Gasteiger partial charge on any atom is -0.369 e. The lowest BCUT2D eigenvalue weighted by Gasteiger charge is -2.09.